The standard InChI is InChI=1S/C25H21NO7/c1-14-9-17(32-25(28)15-5-7-26-8-6-15)12-21-23(14)24(27)22(33-21)11-16-10-19(30-3)20(31-4)13-18(16)29-2/h5-13H,1-4H3/b22-11-. The summed E-state index contributed by atoms with van der Waals surface area (Å²) in [6.07, 6.45) is 4.59. The normalized spacial score (nSPS) is 13.3. The second-order valence-corrected chi connectivity index (χ2v) is 7.13. The van der Waals surface area contributed by atoms with Crippen LogP contribution in [-0.4, -0.2) is 38.1 Å². The number of ether oxygens (including phenoxy) is 5. The van der Waals surface area contributed by atoms with Crippen molar-refractivity contribution in [3.8, 4) is 28.7 Å². The van der Waals surface area contributed by atoms with Crippen LogP contribution in [0.2, 0.25) is 0 Å². The minimum Gasteiger partial charge on any atom is -0.496 e. The molecule has 2 aromatic carbocycles. The summed E-state index contributed by atoms with van der Waals surface area (Å²) in [5, 5.41) is 0. The second kappa shape index (κ2) is 9.04. The van der Waals surface area contributed by atoms with Crippen LogP contribution in [0.15, 0.2) is 54.6 Å². The average Bonchev–Trinajstić information content (AvgIpc) is 3.14. The number of pyridine rings is 1. The quantitative estimate of drug-likeness (QED) is 0.315. The largest absolute Gasteiger partial charge is 0.496 e. The van der Waals surface area contributed by atoms with Crippen molar-refractivity contribution in [2.24, 2.45) is 0 Å². The summed E-state index contributed by atoms with van der Waals surface area (Å²) in [7, 11) is 4.56. The van der Waals surface area contributed by atoms with Gasteiger partial charge in [-0.2, -0.15) is 0 Å². The van der Waals surface area contributed by atoms with Gasteiger partial charge in [0.1, 0.15) is 17.2 Å². The Morgan fingerprint density at radius 1 is 0.939 bits per heavy atom. The summed E-state index contributed by atoms with van der Waals surface area (Å²) in [4.78, 5) is 29.3. The number of aromatic nitrogens is 1. The van der Waals surface area contributed by atoms with Gasteiger partial charge < -0.3 is 23.7 Å². The molecule has 1 aliphatic heterocycles. The molecule has 0 saturated heterocycles. The molecule has 1 aromatic heterocycles. The number of esters is 1. The first-order valence-electron chi connectivity index (χ1n) is 9.96. The number of methoxy groups -OCH3 is 3. The molecule has 33 heavy (non-hydrogen) atoms. The van der Waals surface area contributed by atoms with E-state index < -0.39 is 5.97 Å². The molecular formula is C25H21NO7. The van der Waals surface area contributed by atoms with Crippen molar-refractivity contribution in [3.63, 3.8) is 0 Å². The number of fused-ring (bicyclic) bond motifs is 1. The van der Waals surface area contributed by atoms with Crippen molar-refractivity contribution < 1.29 is 33.3 Å². The molecule has 0 fully saturated rings. The van der Waals surface area contributed by atoms with E-state index in [1.807, 2.05) is 0 Å². The predicted octanol–water partition coefficient (Wildman–Crippen LogP) is 4.25. The first-order valence-corrected chi connectivity index (χ1v) is 9.96. The molecule has 0 amide bonds. The van der Waals surface area contributed by atoms with Crippen LogP contribution in [0.5, 0.6) is 28.7 Å². The minimum absolute atomic E-state index is 0.108. The van der Waals surface area contributed by atoms with Gasteiger partial charge in [0, 0.05) is 30.1 Å². The number of carbonyl (C=O) groups excluding carboxylic acids is 2. The number of Topliss-reactive ketones (excluding diaryl/α,β-unsaturated/α-hetero) is 1. The summed E-state index contributed by atoms with van der Waals surface area (Å²) in [6, 6.07) is 9.61. The van der Waals surface area contributed by atoms with Crippen molar-refractivity contribution in [2.45, 2.75) is 6.92 Å². The Morgan fingerprint density at radius 3 is 2.27 bits per heavy atom. The molecule has 2 heterocycles. The van der Waals surface area contributed by atoms with Crippen LogP contribution in [0, 0.1) is 6.92 Å². The van der Waals surface area contributed by atoms with E-state index in [-0.39, 0.29) is 17.3 Å². The topological polar surface area (TPSA) is 93.2 Å². The zero-order chi connectivity index (χ0) is 23.5. The SMILES string of the molecule is COc1cc(OC)c(OC)cc1/C=C1\Oc2cc(OC(=O)c3ccncc3)cc(C)c2C1=O. The Hall–Kier alpha value is -4.33. The van der Waals surface area contributed by atoms with Gasteiger partial charge in [-0.3, -0.25) is 9.78 Å². The molecule has 0 saturated carbocycles. The van der Waals surface area contributed by atoms with Crippen molar-refractivity contribution in [1.82, 2.24) is 4.98 Å². The van der Waals surface area contributed by atoms with Gasteiger partial charge in [0.25, 0.3) is 0 Å². The Balaban J connectivity index is 1.66. The Morgan fingerprint density at radius 2 is 1.61 bits per heavy atom. The molecule has 0 bridgehead atoms. The molecule has 0 atom stereocenters. The molecule has 3 aromatic rings. The van der Waals surface area contributed by atoms with E-state index in [0.29, 0.717) is 45.3 Å². The highest BCUT2D eigenvalue weighted by atomic mass is 16.5. The number of nitrogens with zero attached hydrogens (tertiary/aromatic N) is 1. The number of aryl methyl sites for hydroxylation is 1. The van der Waals surface area contributed by atoms with Gasteiger partial charge in [-0.15, -0.1) is 0 Å². The Labute approximate surface area is 190 Å². The summed E-state index contributed by atoms with van der Waals surface area (Å²) < 4.78 is 27.4. The van der Waals surface area contributed by atoms with Gasteiger partial charge in [0.05, 0.1) is 32.5 Å². The highest BCUT2D eigenvalue weighted by molar-refractivity contribution is 6.15. The van der Waals surface area contributed by atoms with Gasteiger partial charge in [-0.25, -0.2) is 4.79 Å². The summed E-state index contributed by atoms with van der Waals surface area (Å²) in [6.45, 7) is 1.75. The van der Waals surface area contributed by atoms with E-state index in [4.69, 9.17) is 23.7 Å². The molecule has 4 rings (SSSR count). The van der Waals surface area contributed by atoms with E-state index in [1.165, 1.54) is 39.8 Å². The number of hydrogen-bond acceptors (Lipinski definition) is 8. The third-order valence-electron chi connectivity index (χ3n) is 5.09. The van der Waals surface area contributed by atoms with Gasteiger partial charge in [0.2, 0.25) is 5.78 Å². The monoisotopic (exact) mass is 447 g/mol. The van der Waals surface area contributed by atoms with Gasteiger partial charge in [0.15, 0.2) is 17.3 Å². The smallest absolute Gasteiger partial charge is 0.343 e. The zero-order valence-corrected chi connectivity index (χ0v) is 18.5. The third-order valence-corrected chi connectivity index (χ3v) is 5.09. The summed E-state index contributed by atoms with van der Waals surface area (Å²) in [5.41, 5.74) is 1.97. The van der Waals surface area contributed by atoms with E-state index in [2.05, 4.69) is 4.98 Å². The molecular weight excluding hydrogens is 426 g/mol. The number of hydrogen-bond donors (Lipinski definition) is 0. The number of benzene rings is 2. The molecule has 0 N–H and O–H groups in total. The van der Waals surface area contributed by atoms with Crippen molar-refractivity contribution in [3.05, 3.63) is 76.8 Å². The molecule has 8 heteroatoms. The average molecular weight is 447 g/mol. The molecule has 0 spiro atoms. The van der Waals surface area contributed by atoms with E-state index in [9.17, 15) is 9.59 Å². The number of rotatable bonds is 6. The number of carbonyl (C=O) groups is 2. The third kappa shape index (κ3) is 4.23. The first-order chi connectivity index (χ1) is 15.9. The van der Waals surface area contributed by atoms with Crippen LogP contribution >= 0.6 is 0 Å². The fourth-order valence-electron chi connectivity index (χ4n) is 3.50. The predicted molar refractivity (Wildman–Crippen MR) is 119 cm³/mol. The van der Waals surface area contributed by atoms with Crippen LogP contribution in [0.1, 0.15) is 31.8 Å². The lowest BCUT2D eigenvalue weighted by Gasteiger charge is -2.12. The van der Waals surface area contributed by atoms with Crippen LogP contribution in [0.25, 0.3) is 6.08 Å². The van der Waals surface area contributed by atoms with Crippen LogP contribution in [0.3, 0.4) is 0 Å². The van der Waals surface area contributed by atoms with Crippen LogP contribution in [-0.2, 0) is 0 Å². The van der Waals surface area contributed by atoms with Crippen LogP contribution in [0.4, 0.5) is 0 Å². The van der Waals surface area contributed by atoms with Crippen molar-refractivity contribution >= 4 is 17.8 Å². The van der Waals surface area contributed by atoms with E-state index >= 15 is 0 Å². The van der Waals surface area contributed by atoms with Gasteiger partial charge >= 0.3 is 5.97 Å². The first kappa shape index (κ1) is 21.9. The zero-order valence-electron chi connectivity index (χ0n) is 18.5. The highest BCUT2D eigenvalue weighted by Crippen LogP contribution is 2.40. The maximum absolute atomic E-state index is 13.0. The fourth-order valence-corrected chi connectivity index (χ4v) is 3.50. The molecule has 0 radical (unpaired) electrons. The lowest BCUT2D eigenvalue weighted by Crippen LogP contribution is -2.08. The molecule has 1 aliphatic rings. The fraction of sp³-hybridized carbons (Fsp3) is 0.160. The number of allylic oxidation sites excluding steroid dienone is 1. The number of ketones is 1. The van der Waals surface area contributed by atoms with Crippen LogP contribution < -0.4 is 23.7 Å². The lowest BCUT2D eigenvalue weighted by atomic mass is 10.0. The molecule has 0 unspecified atom stereocenters. The lowest BCUT2D eigenvalue weighted by molar-refractivity contribution is 0.0734. The van der Waals surface area contributed by atoms with E-state index in [1.54, 1.807) is 43.3 Å². The Kier molecular flexibility index (Phi) is 5.99. The summed E-state index contributed by atoms with van der Waals surface area (Å²) in [5.74, 6) is 1.32. The molecule has 0 aliphatic carbocycles. The Bertz CT molecular complexity index is 1270. The van der Waals surface area contributed by atoms with E-state index in [0.717, 1.165) is 0 Å². The maximum atomic E-state index is 13.0. The molecule has 168 valence electrons. The minimum atomic E-state index is -0.535. The highest BCUT2D eigenvalue weighted by Gasteiger charge is 2.31. The second-order valence-electron chi connectivity index (χ2n) is 7.13. The summed E-state index contributed by atoms with van der Waals surface area (Å²) >= 11 is 0. The maximum Gasteiger partial charge on any atom is 0.343 e. The van der Waals surface area contributed by atoms with Gasteiger partial charge in [-0.05, 0) is 42.8 Å². The van der Waals surface area contributed by atoms with Crippen molar-refractivity contribution in [1.29, 1.82) is 0 Å². The van der Waals surface area contributed by atoms with Crippen molar-refractivity contribution in [2.75, 3.05) is 21.3 Å². The van der Waals surface area contributed by atoms with Gasteiger partial charge in [-0.1, -0.05) is 0 Å². The molecule has 8 nitrogen and oxygen atoms in total.